The van der Waals surface area contributed by atoms with Gasteiger partial charge in [0.15, 0.2) is 0 Å². The number of hydrogen-bond acceptors (Lipinski definition) is 4. The van der Waals surface area contributed by atoms with Gasteiger partial charge in [0.25, 0.3) is 0 Å². The molecule has 2 rings (SSSR count). The Hall–Kier alpha value is -0.0600. The summed E-state index contributed by atoms with van der Waals surface area (Å²) in [5, 5.41) is 7.95. The van der Waals surface area contributed by atoms with E-state index in [2.05, 4.69) is 28.9 Å². The number of thiazole rings is 1. The summed E-state index contributed by atoms with van der Waals surface area (Å²) >= 11 is 3.79. The summed E-state index contributed by atoms with van der Waals surface area (Å²) in [7, 11) is 0. The lowest BCUT2D eigenvalue weighted by atomic mass is 10.2. The molecule has 4 heteroatoms. The minimum atomic E-state index is 0.712. The summed E-state index contributed by atoms with van der Waals surface area (Å²) in [5.74, 6) is 0. The van der Waals surface area contributed by atoms with Crippen LogP contribution >= 0.6 is 23.1 Å². The lowest BCUT2D eigenvalue weighted by Gasteiger charge is -2.11. The molecule has 1 aliphatic rings. The smallest absolute Gasteiger partial charge is 0.0926 e. The number of aryl methyl sites for hydroxylation is 1. The van der Waals surface area contributed by atoms with Crippen LogP contribution in [0.1, 0.15) is 36.9 Å². The lowest BCUT2D eigenvalue weighted by Crippen LogP contribution is -2.26. The average Bonchev–Trinajstić information content (AvgIpc) is 2.95. The standard InChI is InChI=1S/C12H20N2S2/c1-3-12-14-10(8-16-12)7-13-9-4-5-11(6-9)15-2/h8-9,11,13H,3-7H2,1-2H3. The highest BCUT2D eigenvalue weighted by molar-refractivity contribution is 7.99. The van der Waals surface area contributed by atoms with Gasteiger partial charge in [0.2, 0.25) is 0 Å². The third kappa shape index (κ3) is 3.22. The molecule has 1 heterocycles. The van der Waals surface area contributed by atoms with Crippen LogP contribution in [-0.4, -0.2) is 22.5 Å². The van der Waals surface area contributed by atoms with Gasteiger partial charge in [0.05, 0.1) is 10.7 Å². The van der Waals surface area contributed by atoms with E-state index in [1.165, 1.54) is 30.0 Å². The molecule has 0 bridgehead atoms. The van der Waals surface area contributed by atoms with Crippen LogP contribution in [0.5, 0.6) is 0 Å². The zero-order chi connectivity index (χ0) is 11.4. The van der Waals surface area contributed by atoms with Gasteiger partial charge in [-0.15, -0.1) is 11.3 Å². The third-order valence-corrected chi connectivity index (χ3v) is 5.33. The van der Waals surface area contributed by atoms with Crippen molar-refractivity contribution >= 4 is 23.1 Å². The van der Waals surface area contributed by atoms with Crippen LogP contribution in [0, 0.1) is 0 Å². The Labute approximate surface area is 106 Å². The topological polar surface area (TPSA) is 24.9 Å². The van der Waals surface area contributed by atoms with Crippen molar-refractivity contribution in [3.05, 3.63) is 16.1 Å². The van der Waals surface area contributed by atoms with Crippen molar-refractivity contribution in [2.45, 2.75) is 50.4 Å². The van der Waals surface area contributed by atoms with Gasteiger partial charge < -0.3 is 5.32 Å². The van der Waals surface area contributed by atoms with Gasteiger partial charge in [-0.3, -0.25) is 0 Å². The molecule has 16 heavy (non-hydrogen) atoms. The highest BCUT2D eigenvalue weighted by Gasteiger charge is 2.23. The summed E-state index contributed by atoms with van der Waals surface area (Å²) in [5.41, 5.74) is 1.22. The van der Waals surface area contributed by atoms with Gasteiger partial charge in [-0.05, 0) is 31.9 Å². The Morgan fingerprint density at radius 1 is 1.56 bits per heavy atom. The average molecular weight is 256 g/mol. The van der Waals surface area contributed by atoms with Crippen LogP contribution in [0.2, 0.25) is 0 Å². The summed E-state index contributed by atoms with van der Waals surface area (Å²) < 4.78 is 0. The molecule has 1 saturated carbocycles. The fraction of sp³-hybridized carbons (Fsp3) is 0.750. The molecule has 1 aromatic heterocycles. The molecule has 2 atom stereocenters. The van der Waals surface area contributed by atoms with Crippen molar-refractivity contribution in [1.29, 1.82) is 0 Å². The molecular weight excluding hydrogens is 236 g/mol. The maximum absolute atomic E-state index is 4.58. The zero-order valence-electron chi connectivity index (χ0n) is 10.0. The van der Waals surface area contributed by atoms with Gasteiger partial charge in [0, 0.05) is 23.2 Å². The van der Waals surface area contributed by atoms with E-state index in [4.69, 9.17) is 0 Å². The highest BCUT2D eigenvalue weighted by Crippen LogP contribution is 2.28. The summed E-state index contributed by atoms with van der Waals surface area (Å²) in [6.07, 6.45) is 7.31. The van der Waals surface area contributed by atoms with Gasteiger partial charge in [-0.1, -0.05) is 6.92 Å². The molecule has 90 valence electrons. The largest absolute Gasteiger partial charge is 0.308 e. The summed E-state index contributed by atoms with van der Waals surface area (Å²) in [6, 6.07) is 0.712. The number of thioether (sulfide) groups is 1. The molecule has 1 aliphatic carbocycles. The van der Waals surface area contributed by atoms with Crippen molar-refractivity contribution in [1.82, 2.24) is 10.3 Å². The van der Waals surface area contributed by atoms with Crippen LogP contribution in [0.15, 0.2) is 5.38 Å². The van der Waals surface area contributed by atoms with E-state index in [-0.39, 0.29) is 0 Å². The predicted octanol–water partition coefficient (Wildman–Crippen LogP) is 3.08. The van der Waals surface area contributed by atoms with Crippen LogP contribution in [0.3, 0.4) is 0 Å². The van der Waals surface area contributed by atoms with Gasteiger partial charge in [-0.25, -0.2) is 4.98 Å². The van der Waals surface area contributed by atoms with Crippen LogP contribution in [-0.2, 0) is 13.0 Å². The Kier molecular flexibility index (Phi) is 4.67. The van der Waals surface area contributed by atoms with Crippen molar-refractivity contribution in [2.24, 2.45) is 0 Å². The number of nitrogens with zero attached hydrogens (tertiary/aromatic N) is 1. The molecule has 0 saturated heterocycles. The van der Waals surface area contributed by atoms with Gasteiger partial charge >= 0.3 is 0 Å². The number of nitrogens with one attached hydrogen (secondary N) is 1. The molecule has 2 nitrogen and oxygen atoms in total. The first-order valence-corrected chi connectivity index (χ1v) is 8.18. The number of rotatable bonds is 5. The quantitative estimate of drug-likeness (QED) is 0.876. The third-order valence-electron chi connectivity index (χ3n) is 3.19. The maximum Gasteiger partial charge on any atom is 0.0926 e. The van der Waals surface area contributed by atoms with E-state index in [1.807, 2.05) is 11.8 Å². The van der Waals surface area contributed by atoms with Crippen molar-refractivity contribution in [3.63, 3.8) is 0 Å². The van der Waals surface area contributed by atoms with E-state index < -0.39 is 0 Å². The van der Waals surface area contributed by atoms with Crippen molar-refractivity contribution < 1.29 is 0 Å². The van der Waals surface area contributed by atoms with Gasteiger partial charge in [-0.2, -0.15) is 11.8 Å². The highest BCUT2D eigenvalue weighted by atomic mass is 32.2. The van der Waals surface area contributed by atoms with Crippen molar-refractivity contribution in [3.8, 4) is 0 Å². The van der Waals surface area contributed by atoms with Crippen LogP contribution in [0.25, 0.3) is 0 Å². The molecule has 1 fully saturated rings. The van der Waals surface area contributed by atoms with Gasteiger partial charge in [0.1, 0.15) is 0 Å². The summed E-state index contributed by atoms with van der Waals surface area (Å²) in [4.78, 5) is 4.58. The zero-order valence-corrected chi connectivity index (χ0v) is 11.7. The molecular formula is C12H20N2S2. The predicted molar refractivity (Wildman–Crippen MR) is 73.3 cm³/mol. The second-order valence-electron chi connectivity index (χ2n) is 4.33. The number of aromatic nitrogens is 1. The van der Waals surface area contributed by atoms with E-state index in [1.54, 1.807) is 11.3 Å². The van der Waals surface area contributed by atoms with Crippen LogP contribution in [0.4, 0.5) is 0 Å². The van der Waals surface area contributed by atoms with Crippen LogP contribution < -0.4 is 5.32 Å². The fourth-order valence-corrected chi connectivity index (χ4v) is 3.72. The molecule has 0 aromatic carbocycles. The molecule has 0 radical (unpaired) electrons. The van der Waals surface area contributed by atoms with E-state index in [0.29, 0.717) is 6.04 Å². The first-order chi connectivity index (χ1) is 7.81. The molecule has 2 unspecified atom stereocenters. The molecule has 0 amide bonds. The Morgan fingerprint density at radius 2 is 2.44 bits per heavy atom. The lowest BCUT2D eigenvalue weighted by molar-refractivity contribution is 0.521. The SMILES string of the molecule is CCc1nc(CNC2CCC(SC)C2)cs1. The molecule has 0 aliphatic heterocycles. The maximum atomic E-state index is 4.58. The second kappa shape index (κ2) is 6.03. The van der Waals surface area contributed by atoms with E-state index >= 15 is 0 Å². The number of hydrogen-bond donors (Lipinski definition) is 1. The second-order valence-corrected chi connectivity index (χ2v) is 6.42. The Balaban J connectivity index is 1.75. The monoisotopic (exact) mass is 256 g/mol. The van der Waals surface area contributed by atoms with Crippen molar-refractivity contribution in [2.75, 3.05) is 6.26 Å². The van der Waals surface area contributed by atoms with E-state index in [9.17, 15) is 0 Å². The first kappa shape index (κ1) is 12.4. The Morgan fingerprint density at radius 3 is 3.06 bits per heavy atom. The summed E-state index contributed by atoms with van der Waals surface area (Å²) in [6.45, 7) is 3.11. The molecule has 1 N–H and O–H groups in total. The normalized spacial score (nSPS) is 25.1. The Bertz CT molecular complexity index is 325. The molecule has 1 aromatic rings. The fourth-order valence-electron chi connectivity index (χ4n) is 2.18. The minimum Gasteiger partial charge on any atom is -0.308 e. The molecule has 0 spiro atoms. The van der Waals surface area contributed by atoms with E-state index in [0.717, 1.165) is 18.2 Å². The minimum absolute atomic E-state index is 0.712. The first-order valence-electron chi connectivity index (χ1n) is 6.01.